The molecule has 1 aliphatic rings. The van der Waals surface area contributed by atoms with Crippen molar-refractivity contribution in [3.8, 4) is 0 Å². The largest absolute Gasteiger partial charge is 0.356 e. The van der Waals surface area contributed by atoms with E-state index in [1.54, 1.807) is 0 Å². The lowest BCUT2D eigenvalue weighted by atomic mass is 10.0. The summed E-state index contributed by atoms with van der Waals surface area (Å²) < 4.78 is 0. The van der Waals surface area contributed by atoms with Gasteiger partial charge in [-0.05, 0) is 49.3 Å². The summed E-state index contributed by atoms with van der Waals surface area (Å²) in [5, 5.41) is 6.78. The zero-order chi connectivity index (χ0) is 16.6. The summed E-state index contributed by atoms with van der Waals surface area (Å²) in [6, 6.07) is 20.1. The molecule has 3 nitrogen and oxygen atoms in total. The average molecular weight is 358 g/mol. The van der Waals surface area contributed by atoms with Crippen molar-refractivity contribution in [2.24, 2.45) is 4.99 Å². The number of benzene rings is 2. The molecule has 2 aromatic carbocycles. The molecule has 4 heteroatoms. The van der Waals surface area contributed by atoms with Gasteiger partial charge in [0.15, 0.2) is 5.96 Å². The van der Waals surface area contributed by atoms with Gasteiger partial charge in [0.05, 0.1) is 0 Å². The highest BCUT2D eigenvalue weighted by Gasteiger charge is 2.08. The summed E-state index contributed by atoms with van der Waals surface area (Å²) in [5.41, 5.74) is 4.18. The Morgan fingerprint density at radius 3 is 2.24 bits per heavy atom. The fourth-order valence-electron chi connectivity index (χ4n) is 3.04. The highest BCUT2D eigenvalue weighted by atomic mass is 35.5. The molecule has 0 radical (unpaired) electrons. The zero-order valence-corrected chi connectivity index (χ0v) is 15.7. The molecule has 0 amide bonds. The van der Waals surface area contributed by atoms with Crippen LogP contribution < -0.4 is 10.6 Å². The van der Waals surface area contributed by atoms with Crippen LogP contribution >= 0.6 is 12.4 Å². The van der Waals surface area contributed by atoms with Crippen molar-refractivity contribution in [1.29, 1.82) is 0 Å². The first-order valence-electron chi connectivity index (χ1n) is 8.96. The van der Waals surface area contributed by atoms with Crippen molar-refractivity contribution in [2.45, 2.75) is 38.6 Å². The molecule has 0 aliphatic carbocycles. The highest BCUT2D eigenvalue weighted by Crippen LogP contribution is 2.10. The number of aryl methyl sites for hydroxylation is 2. The topological polar surface area (TPSA) is 36.4 Å². The lowest BCUT2D eigenvalue weighted by Gasteiger charge is -2.20. The van der Waals surface area contributed by atoms with Crippen molar-refractivity contribution in [2.75, 3.05) is 13.1 Å². The molecule has 1 aliphatic heterocycles. The van der Waals surface area contributed by atoms with Gasteiger partial charge in [-0.3, -0.25) is 4.99 Å². The zero-order valence-electron chi connectivity index (χ0n) is 14.9. The number of nitrogens with zero attached hydrogens (tertiary/aromatic N) is 1. The summed E-state index contributed by atoms with van der Waals surface area (Å²) in [6.07, 6.45) is 4.34. The van der Waals surface area contributed by atoms with E-state index in [2.05, 4.69) is 77.1 Å². The monoisotopic (exact) mass is 357 g/mol. The molecule has 1 unspecified atom stereocenters. The van der Waals surface area contributed by atoms with E-state index in [1.807, 2.05) is 0 Å². The molecule has 0 saturated heterocycles. The SMILES string of the molecule is CC(Cc1ccc(CCc2ccccc2)cc1)NC1=NCCCN1.Cl. The predicted octanol–water partition coefficient (Wildman–Crippen LogP) is 3.76. The van der Waals surface area contributed by atoms with E-state index >= 15 is 0 Å². The van der Waals surface area contributed by atoms with Crippen molar-refractivity contribution >= 4 is 18.4 Å². The molecule has 0 spiro atoms. The average Bonchev–Trinajstić information content (AvgIpc) is 2.63. The normalized spacial score (nSPS) is 14.7. The fraction of sp³-hybridized carbons (Fsp3) is 0.381. The lowest BCUT2D eigenvalue weighted by Crippen LogP contribution is -2.45. The first-order chi connectivity index (χ1) is 11.8. The van der Waals surface area contributed by atoms with Crippen molar-refractivity contribution in [3.05, 3.63) is 71.3 Å². The van der Waals surface area contributed by atoms with Crippen LogP contribution in [-0.4, -0.2) is 25.1 Å². The number of hydrogen-bond donors (Lipinski definition) is 2. The first-order valence-corrected chi connectivity index (χ1v) is 8.96. The molecule has 0 saturated carbocycles. The van der Waals surface area contributed by atoms with E-state index in [4.69, 9.17) is 0 Å². The summed E-state index contributed by atoms with van der Waals surface area (Å²) in [7, 11) is 0. The molecule has 2 N–H and O–H groups in total. The molecule has 134 valence electrons. The number of rotatable bonds is 6. The lowest BCUT2D eigenvalue weighted by molar-refractivity contribution is 0.619. The van der Waals surface area contributed by atoms with Crippen molar-refractivity contribution in [3.63, 3.8) is 0 Å². The molecule has 1 atom stereocenters. The van der Waals surface area contributed by atoms with Gasteiger partial charge in [0, 0.05) is 19.1 Å². The summed E-state index contributed by atoms with van der Waals surface area (Å²) in [5.74, 6) is 0.952. The van der Waals surface area contributed by atoms with Crippen LogP contribution in [0.25, 0.3) is 0 Å². The van der Waals surface area contributed by atoms with Gasteiger partial charge in [-0.2, -0.15) is 0 Å². The number of aliphatic imine (C=N–C) groups is 1. The van der Waals surface area contributed by atoms with Gasteiger partial charge in [-0.25, -0.2) is 0 Å². The molecule has 0 bridgehead atoms. The predicted molar refractivity (Wildman–Crippen MR) is 109 cm³/mol. The third-order valence-corrected chi connectivity index (χ3v) is 4.39. The van der Waals surface area contributed by atoms with Gasteiger partial charge in [0.25, 0.3) is 0 Å². The quantitative estimate of drug-likeness (QED) is 0.825. The van der Waals surface area contributed by atoms with Gasteiger partial charge in [0.1, 0.15) is 0 Å². The second kappa shape index (κ2) is 10.1. The second-order valence-electron chi connectivity index (χ2n) is 6.56. The number of nitrogens with one attached hydrogen (secondary N) is 2. The molecule has 25 heavy (non-hydrogen) atoms. The number of guanidine groups is 1. The van der Waals surface area contributed by atoms with Gasteiger partial charge in [-0.1, -0.05) is 54.6 Å². The Morgan fingerprint density at radius 1 is 0.960 bits per heavy atom. The fourth-order valence-corrected chi connectivity index (χ4v) is 3.04. The van der Waals surface area contributed by atoms with Crippen LogP contribution in [0.5, 0.6) is 0 Å². The van der Waals surface area contributed by atoms with E-state index in [0.717, 1.165) is 44.7 Å². The Bertz CT molecular complexity index is 653. The van der Waals surface area contributed by atoms with E-state index in [0.29, 0.717) is 6.04 Å². The Kier molecular flexibility index (Phi) is 7.80. The molecular formula is C21H28ClN3. The summed E-state index contributed by atoms with van der Waals surface area (Å²) in [4.78, 5) is 4.47. The van der Waals surface area contributed by atoms with Crippen LogP contribution in [0.4, 0.5) is 0 Å². The molecule has 1 heterocycles. The van der Waals surface area contributed by atoms with Crippen LogP contribution in [0.3, 0.4) is 0 Å². The van der Waals surface area contributed by atoms with Crippen molar-refractivity contribution in [1.82, 2.24) is 10.6 Å². The van der Waals surface area contributed by atoms with Crippen LogP contribution in [0, 0.1) is 0 Å². The van der Waals surface area contributed by atoms with Gasteiger partial charge in [-0.15, -0.1) is 12.4 Å². The van der Waals surface area contributed by atoms with E-state index in [1.165, 1.54) is 16.7 Å². The maximum Gasteiger partial charge on any atom is 0.191 e. The van der Waals surface area contributed by atoms with Gasteiger partial charge < -0.3 is 10.6 Å². The molecule has 2 aromatic rings. The minimum Gasteiger partial charge on any atom is -0.356 e. The Morgan fingerprint density at radius 2 is 1.60 bits per heavy atom. The molecular weight excluding hydrogens is 330 g/mol. The molecule has 0 aromatic heterocycles. The van der Waals surface area contributed by atoms with Gasteiger partial charge >= 0.3 is 0 Å². The minimum atomic E-state index is 0. The van der Waals surface area contributed by atoms with Crippen LogP contribution in [0.1, 0.15) is 30.0 Å². The highest BCUT2D eigenvalue weighted by molar-refractivity contribution is 5.85. The van der Waals surface area contributed by atoms with Crippen LogP contribution in [0.15, 0.2) is 59.6 Å². The van der Waals surface area contributed by atoms with E-state index < -0.39 is 0 Å². The van der Waals surface area contributed by atoms with E-state index in [-0.39, 0.29) is 12.4 Å². The molecule has 3 rings (SSSR count). The number of halogens is 1. The summed E-state index contributed by atoms with van der Waals surface area (Å²) >= 11 is 0. The summed E-state index contributed by atoms with van der Waals surface area (Å²) in [6.45, 7) is 4.16. The maximum absolute atomic E-state index is 4.47. The van der Waals surface area contributed by atoms with Crippen LogP contribution in [-0.2, 0) is 19.3 Å². The standard InChI is InChI=1S/C21H27N3.ClH/c1-17(24-21-22-14-5-15-23-21)16-20-12-10-19(11-13-20)9-8-18-6-3-2-4-7-18;/h2-4,6-7,10-13,17H,5,8-9,14-16H2,1H3,(H2,22,23,24);1H. The third-order valence-electron chi connectivity index (χ3n) is 4.39. The second-order valence-corrected chi connectivity index (χ2v) is 6.56. The third kappa shape index (κ3) is 6.43. The van der Waals surface area contributed by atoms with Gasteiger partial charge in [0.2, 0.25) is 0 Å². The van der Waals surface area contributed by atoms with E-state index in [9.17, 15) is 0 Å². The smallest absolute Gasteiger partial charge is 0.191 e. The van der Waals surface area contributed by atoms with Crippen LogP contribution in [0.2, 0.25) is 0 Å². The minimum absolute atomic E-state index is 0. The number of hydrogen-bond acceptors (Lipinski definition) is 3. The Labute approximate surface area is 157 Å². The Hall–Kier alpha value is -2.00. The first kappa shape index (κ1) is 19.3. The molecule has 0 fully saturated rings. The maximum atomic E-state index is 4.47. The van der Waals surface area contributed by atoms with Crippen molar-refractivity contribution < 1.29 is 0 Å². The Balaban J connectivity index is 0.00000225.